The van der Waals surface area contributed by atoms with Crippen LogP contribution >= 0.6 is 0 Å². The van der Waals surface area contributed by atoms with Crippen molar-refractivity contribution < 1.29 is 24.9 Å². The summed E-state index contributed by atoms with van der Waals surface area (Å²) < 4.78 is 0. The normalized spacial score (nSPS) is 54.2. The van der Waals surface area contributed by atoms with Gasteiger partial charge in [0, 0.05) is 0 Å². The molecular formula is C30H46O5. The first-order valence-electron chi connectivity index (χ1n) is 13.9. The molecule has 0 spiro atoms. The summed E-state index contributed by atoms with van der Waals surface area (Å²) in [6, 6.07) is 0. The van der Waals surface area contributed by atoms with Crippen molar-refractivity contribution in [2.75, 3.05) is 0 Å². The lowest BCUT2D eigenvalue weighted by Gasteiger charge is -2.70. The number of aliphatic hydroxyl groups excluding tert-OH is 1. The highest BCUT2D eigenvalue weighted by atomic mass is 16.4. The third-order valence-electron chi connectivity index (χ3n) is 13.6. The van der Waals surface area contributed by atoms with Gasteiger partial charge < -0.3 is 15.3 Å². The average molecular weight is 487 g/mol. The summed E-state index contributed by atoms with van der Waals surface area (Å²) in [4.78, 5) is 25.4. The molecule has 5 rings (SSSR count). The lowest BCUT2D eigenvalue weighted by molar-refractivity contribution is -0.228. The molecule has 0 aromatic heterocycles. The Morgan fingerprint density at radius 2 is 1.49 bits per heavy atom. The van der Waals surface area contributed by atoms with Crippen LogP contribution < -0.4 is 0 Å². The topological polar surface area (TPSA) is 94.8 Å². The molecule has 5 saturated carbocycles. The van der Waals surface area contributed by atoms with Crippen molar-refractivity contribution in [3.05, 3.63) is 12.2 Å². The minimum Gasteiger partial charge on any atom is -0.481 e. The molecule has 5 nitrogen and oxygen atoms in total. The summed E-state index contributed by atoms with van der Waals surface area (Å²) >= 11 is 0. The fourth-order valence-electron chi connectivity index (χ4n) is 11.8. The van der Waals surface area contributed by atoms with Crippen LogP contribution in [0.1, 0.15) is 92.9 Å². The van der Waals surface area contributed by atoms with Crippen LogP contribution in [0.4, 0.5) is 0 Å². The van der Waals surface area contributed by atoms with Crippen molar-refractivity contribution in [3.8, 4) is 0 Å². The third-order valence-corrected chi connectivity index (χ3v) is 13.6. The summed E-state index contributed by atoms with van der Waals surface area (Å²) in [5.41, 5.74) is -0.558. The number of aliphatic hydroxyl groups is 1. The van der Waals surface area contributed by atoms with Gasteiger partial charge in [-0.3, -0.25) is 9.59 Å². The summed E-state index contributed by atoms with van der Waals surface area (Å²) in [5.74, 6) is -1.21. The standard InChI is InChI=1S/C30H46O5/c1-16(2)17-10-13-30(25(34)35)15-14-27(5)18(21(17)30)8-9-20-28(27,6)12-11-19-26(3,4)23(31)22(24(32)33)29(19,20)7/h17-23,31H,1,8-15H2,2-7H3,(H,32,33)(H,34,35)/t17-,18+,19+,20-,21+,22-,23+,27+,28+,29-,30-/m0/s1. The van der Waals surface area contributed by atoms with Gasteiger partial charge in [0.15, 0.2) is 0 Å². The zero-order chi connectivity index (χ0) is 25.9. The van der Waals surface area contributed by atoms with Crippen LogP contribution in [0.15, 0.2) is 12.2 Å². The van der Waals surface area contributed by atoms with Gasteiger partial charge in [-0.15, -0.1) is 0 Å². The van der Waals surface area contributed by atoms with E-state index in [2.05, 4.69) is 48.1 Å². The van der Waals surface area contributed by atoms with Crippen LogP contribution in [0.5, 0.6) is 0 Å². The second-order valence-electron chi connectivity index (χ2n) is 14.6. The fourth-order valence-corrected chi connectivity index (χ4v) is 11.8. The number of aliphatic carboxylic acids is 2. The Kier molecular flexibility index (Phi) is 5.32. The molecule has 5 fully saturated rings. The van der Waals surface area contributed by atoms with E-state index in [0.29, 0.717) is 12.3 Å². The molecule has 11 atom stereocenters. The van der Waals surface area contributed by atoms with E-state index >= 15 is 0 Å². The first-order valence-corrected chi connectivity index (χ1v) is 13.9. The number of allylic oxidation sites excluding steroid dienone is 1. The molecule has 0 radical (unpaired) electrons. The quantitative estimate of drug-likeness (QED) is 0.425. The van der Waals surface area contributed by atoms with Crippen molar-refractivity contribution in [2.24, 2.45) is 62.6 Å². The van der Waals surface area contributed by atoms with Crippen LogP contribution in [0.2, 0.25) is 0 Å². The Balaban J connectivity index is 1.62. The minimum atomic E-state index is -0.862. The van der Waals surface area contributed by atoms with E-state index in [1.807, 2.05) is 0 Å². The molecule has 5 aliphatic rings. The number of hydrogen-bond donors (Lipinski definition) is 3. The molecule has 0 saturated heterocycles. The van der Waals surface area contributed by atoms with Crippen LogP contribution in [0.3, 0.4) is 0 Å². The second-order valence-corrected chi connectivity index (χ2v) is 14.6. The van der Waals surface area contributed by atoms with E-state index in [-0.39, 0.29) is 34.5 Å². The first kappa shape index (κ1) is 25.3. The number of rotatable bonds is 3. The maximum Gasteiger partial charge on any atom is 0.309 e. The Hall–Kier alpha value is -1.36. The van der Waals surface area contributed by atoms with Crippen molar-refractivity contribution in [2.45, 2.75) is 99.0 Å². The largest absolute Gasteiger partial charge is 0.481 e. The van der Waals surface area contributed by atoms with Crippen LogP contribution in [0.25, 0.3) is 0 Å². The van der Waals surface area contributed by atoms with Crippen LogP contribution in [0, 0.1) is 62.6 Å². The Morgan fingerprint density at radius 1 is 0.829 bits per heavy atom. The minimum absolute atomic E-state index is 0.0493. The Labute approximate surface area is 210 Å². The summed E-state index contributed by atoms with van der Waals surface area (Å²) in [6.07, 6.45) is 6.24. The fraction of sp³-hybridized carbons (Fsp3) is 0.867. The molecule has 0 bridgehead atoms. The maximum atomic E-state index is 12.8. The summed E-state index contributed by atoms with van der Waals surface area (Å²) in [5, 5.41) is 32.2. The highest BCUT2D eigenvalue weighted by molar-refractivity contribution is 5.76. The molecular weight excluding hydrogens is 440 g/mol. The third kappa shape index (κ3) is 2.75. The van der Waals surface area contributed by atoms with E-state index in [1.54, 1.807) is 0 Å². The van der Waals surface area contributed by atoms with Crippen molar-refractivity contribution in [3.63, 3.8) is 0 Å². The van der Waals surface area contributed by atoms with E-state index < -0.39 is 40.2 Å². The van der Waals surface area contributed by atoms with Crippen LogP contribution in [-0.2, 0) is 9.59 Å². The molecule has 0 unspecified atom stereocenters. The highest BCUT2D eigenvalue weighted by Gasteiger charge is 2.75. The smallest absolute Gasteiger partial charge is 0.309 e. The summed E-state index contributed by atoms with van der Waals surface area (Å²) in [6.45, 7) is 17.5. The number of carboxylic acid groups (broad SMARTS) is 2. The maximum absolute atomic E-state index is 12.8. The van der Waals surface area contributed by atoms with E-state index in [1.165, 1.54) is 0 Å². The van der Waals surface area contributed by atoms with Gasteiger partial charge in [0.25, 0.3) is 0 Å². The van der Waals surface area contributed by atoms with Gasteiger partial charge in [0.05, 0.1) is 17.4 Å². The SMILES string of the molecule is C=C(C)[C@@H]1CC[C@]2(C(=O)O)CC[C@]3(C)[C@H](CC[C@@H]4[C@@]5(C)[C@H](C(=O)O)[C@@H](O)C(C)(C)[C@H]5CC[C@]43C)[C@@H]12. The molecule has 0 amide bonds. The van der Waals surface area contributed by atoms with Gasteiger partial charge in [0.2, 0.25) is 0 Å². The van der Waals surface area contributed by atoms with Crippen LogP contribution in [-0.4, -0.2) is 33.4 Å². The monoisotopic (exact) mass is 486 g/mol. The average Bonchev–Trinajstić information content (AvgIpc) is 3.21. The molecule has 0 aromatic rings. The Morgan fingerprint density at radius 3 is 2.06 bits per heavy atom. The molecule has 5 heteroatoms. The number of hydrogen-bond acceptors (Lipinski definition) is 3. The second kappa shape index (κ2) is 7.36. The predicted octanol–water partition coefficient (Wildman–Crippen LogP) is 6.01. The number of carbonyl (C=O) groups is 2. The zero-order valence-electron chi connectivity index (χ0n) is 22.6. The summed E-state index contributed by atoms with van der Waals surface area (Å²) in [7, 11) is 0. The van der Waals surface area contributed by atoms with E-state index in [9.17, 15) is 24.9 Å². The molecule has 0 aromatic carbocycles. The molecule has 35 heavy (non-hydrogen) atoms. The lowest BCUT2D eigenvalue weighted by Crippen LogP contribution is -2.65. The van der Waals surface area contributed by atoms with Crippen molar-refractivity contribution in [1.82, 2.24) is 0 Å². The van der Waals surface area contributed by atoms with Gasteiger partial charge in [0.1, 0.15) is 0 Å². The van der Waals surface area contributed by atoms with E-state index in [0.717, 1.165) is 50.5 Å². The number of carboxylic acids is 2. The van der Waals surface area contributed by atoms with Crippen molar-refractivity contribution >= 4 is 11.9 Å². The predicted molar refractivity (Wildman–Crippen MR) is 135 cm³/mol. The van der Waals surface area contributed by atoms with E-state index in [4.69, 9.17) is 0 Å². The highest BCUT2D eigenvalue weighted by Crippen LogP contribution is 2.79. The number of fused-ring (bicyclic) bond motifs is 7. The van der Waals surface area contributed by atoms with Gasteiger partial charge in [-0.05, 0) is 110 Å². The Bertz CT molecular complexity index is 970. The lowest BCUT2D eigenvalue weighted by atomic mass is 9.34. The zero-order valence-corrected chi connectivity index (χ0v) is 22.6. The first-order chi connectivity index (χ1) is 16.1. The van der Waals surface area contributed by atoms with Crippen molar-refractivity contribution in [1.29, 1.82) is 0 Å². The molecule has 3 N–H and O–H groups in total. The van der Waals surface area contributed by atoms with Gasteiger partial charge >= 0.3 is 11.9 Å². The van der Waals surface area contributed by atoms with Gasteiger partial charge in [-0.2, -0.15) is 0 Å². The molecule has 0 heterocycles. The molecule has 0 aliphatic heterocycles. The van der Waals surface area contributed by atoms with Gasteiger partial charge in [-0.1, -0.05) is 46.8 Å². The molecule has 196 valence electrons. The molecule has 5 aliphatic carbocycles. The van der Waals surface area contributed by atoms with Gasteiger partial charge in [-0.25, -0.2) is 0 Å².